The molecule has 3 atom stereocenters. The fraction of sp³-hybridized carbons (Fsp3) is 0.397. The molecule has 0 fully saturated rings. The molecule has 5 amide bonds. The van der Waals surface area contributed by atoms with E-state index in [1.54, 1.807) is 42.5 Å². The molecule has 0 radical (unpaired) electrons. The molecular weight excluding hydrogens is 1190 g/mol. The van der Waals surface area contributed by atoms with Crippen LogP contribution in [-0.4, -0.2) is 169 Å². The topological polar surface area (TPSA) is 254 Å². The van der Waals surface area contributed by atoms with E-state index in [9.17, 15) is 36.9 Å². The van der Waals surface area contributed by atoms with Gasteiger partial charge in [0, 0.05) is 104 Å². The van der Waals surface area contributed by atoms with Gasteiger partial charge in [0.25, 0.3) is 33.7 Å². The van der Waals surface area contributed by atoms with Crippen molar-refractivity contribution in [1.82, 2.24) is 10.2 Å². The summed E-state index contributed by atoms with van der Waals surface area (Å²) >= 11 is 0. The molecular formula is C63H71N7O15S3. The molecule has 0 aliphatic carbocycles. The molecule has 0 bridgehead atoms. The summed E-state index contributed by atoms with van der Waals surface area (Å²) in [5.74, 6) is -0.725. The number of methoxy groups -OCH3 is 3. The van der Waals surface area contributed by atoms with Gasteiger partial charge >= 0.3 is 0 Å². The summed E-state index contributed by atoms with van der Waals surface area (Å²) in [5.41, 5.74) is 8.10. The average Bonchev–Trinajstić information content (AvgIpc) is 2.51. The summed E-state index contributed by atoms with van der Waals surface area (Å²) in [6, 6.07) is 28.4. The second-order valence-electron chi connectivity index (χ2n) is 22.1. The lowest BCUT2D eigenvalue weighted by Crippen LogP contribution is -2.44. The van der Waals surface area contributed by atoms with Crippen molar-refractivity contribution in [2.24, 2.45) is 4.99 Å². The number of rotatable bonds is 30. The molecule has 0 saturated heterocycles. The maximum absolute atomic E-state index is 14.3. The highest BCUT2D eigenvalue weighted by Gasteiger charge is 2.39. The maximum Gasteiger partial charge on any atom is 0.276 e. The predicted octanol–water partition coefficient (Wildman–Crippen LogP) is 7.48. The number of para-hydroxylation sites is 2. The summed E-state index contributed by atoms with van der Waals surface area (Å²) < 4.78 is 76.7. The first-order valence-electron chi connectivity index (χ1n) is 28.8. The van der Waals surface area contributed by atoms with Gasteiger partial charge in [0.15, 0.2) is 28.2 Å². The molecule has 5 aliphatic heterocycles. The molecule has 5 heterocycles. The zero-order valence-corrected chi connectivity index (χ0v) is 52.0. The van der Waals surface area contributed by atoms with Crippen molar-refractivity contribution >= 4 is 95.9 Å². The number of aliphatic imine (C=N–C) groups is 1. The Labute approximate surface area is 519 Å². The molecule has 5 aromatic rings. The first-order chi connectivity index (χ1) is 42.4. The molecule has 0 spiro atoms. The van der Waals surface area contributed by atoms with Crippen LogP contribution >= 0.6 is 21.6 Å². The number of nitrogens with zero attached hydrogens (tertiary/aromatic N) is 5. The quantitative estimate of drug-likeness (QED) is 0.0174. The van der Waals surface area contributed by atoms with E-state index < -0.39 is 37.8 Å². The lowest BCUT2D eigenvalue weighted by molar-refractivity contribution is -0.137. The van der Waals surface area contributed by atoms with Crippen molar-refractivity contribution in [3.63, 3.8) is 0 Å². The summed E-state index contributed by atoms with van der Waals surface area (Å²) in [4.78, 5) is 77.3. The molecule has 10 rings (SSSR count). The Morgan fingerprint density at radius 1 is 0.773 bits per heavy atom. The Morgan fingerprint density at radius 2 is 1.39 bits per heavy atom. The number of benzene rings is 5. The number of hydrogen-bond donors (Lipinski definition) is 3. The van der Waals surface area contributed by atoms with Crippen LogP contribution in [0.15, 0.2) is 108 Å². The lowest BCUT2D eigenvalue weighted by Gasteiger charge is -2.34. The second-order valence-corrected chi connectivity index (χ2v) is 26.8. The summed E-state index contributed by atoms with van der Waals surface area (Å²) in [5, 5.41) is 4.17. The van der Waals surface area contributed by atoms with Crippen molar-refractivity contribution in [1.29, 1.82) is 0 Å². The Bertz CT molecular complexity index is 3600. The molecule has 0 saturated carbocycles. The van der Waals surface area contributed by atoms with Crippen molar-refractivity contribution < 1.29 is 70.1 Å². The van der Waals surface area contributed by atoms with Crippen LogP contribution in [0, 0.1) is 0 Å². The standard InChI is InChI=1S/C63H71N7O15S3/c1-63(2,87-86-25-16-57(88(76,77)78)60(73)64-17-18-68-58(71)14-15-59(68)72)39-67(19-20-82-23-24-83-22-21-79-3)44-27-40(37-84-55-33-49-47(31-53(55)80-4)61(74)69-45(35-65-49)29-42-10-6-8-12-51(42)69)26-41(28-44)38-85-56-34-50-48(32-54(56)81-5)62(75)70-46(36-66-50)30-43-11-7-9-13-52(43)70/h6-15,26-28,31-35,45-46,57,66H,16-25,29-30,36-39H2,1-5H3,(H,64,73)(H,76,77,78). The van der Waals surface area contributed by atoms with E-state index >= 15 is 0 Å². The fourth-order valence-electron chi connectivity index (χ4n) is 11.3. The lowest BCUT2D eigenvalue weighted by atomic mass is 10.1. The van der Waals surface area contributed by atoms with Gasteiger partial charge in [-0.2, -0.15) is 8.42 Å². The summed E-state index contributed by atoms with van der Waals surface area (Å²) in [6.07, 6.45) is 5.16. The van der Waals surface area contributed by atoms with Crippen LogP contribution < -0.4 is 44.3 Å². The van der Waals surface area contributed by atoms with Gasteiger partial charge in [-0.15, -0.1) is 0 Å². The van der Waals surface area contributed by atoms with E-state index in [0.717, 1.165) is 62.8 Å². The third-order valence-electron chi connectivity index (χ3n) is 15.5. The van der Waals surface area contributed by atoms with Crippen LogP contribution in [0.5, 0.6) is 23.0 Å². The first kappa shape index (κ1) is 63.4. The maximum atomic E-state index is 14.3. The van der Waals surface area contributed by atoms with Gasteiger partial charge < -0.3 is 53.6 Å². The van der Waals surface area contributed by atoms with Crippen LogP contribution in [-0.2, 0) is 64.8 Å². The van der Waals surface area contributed by atoms with Crippen LogP contribution in [0.25, 0.3) is 0 Å². The second kappa shape index (κ2) is 28.2. The van der Waals surface area contributed by atoms with Crippen LogP contribution in [0.1, 0.15) is 63.2 Å². The number of carbonyl (C=O) groups is 5. The first-order valence-corrected chi connectivity index (χ1v) is 32.7. The summed E-state index contributed by atoms with van der Waals surface area (Å²) in [6.45, 7) is 6.99. The minimum atomic E-state index is -4.83. The number of amides is 5. The normalized spacial score (nSPS) is 16.9. The van der Waals surface area contributed by atoms with Crippen LogP contribution in [0.4, 0.5) is 28.4 Å². The van der Waals surface area contributed by atoms with E-state index in [4.69, 9.17) is 38.2 Å². The van der Waals surface area contributed by atoms with Gasteiger partial charge in [0.1, 0.15) is 13.2 Å². The smallest absolute Gasteiger partial charge is 0.276 e. The number of fused-ring (bicyclic) bond motifs is 8. The van der Waals surface area contributed by atoms with E-state index in [1.165, 1.54) is 35.8 Å². The highest BCUT2D eigenvalue weighted by Crippen LogP contribution is 2.44. The number of nitrogens with one attached hydrogen (secondary N) is 2. The van der Waals surface area contributed by atoms with Crippen molar-refractivity contribution in [3.05, 3.63) is 137 Å². The number of hydrogen-bond acceptors (Lipinski definition) is 19. The highest BCUT2D eigenvalue weighted by molar-refractivity contribution is 8.77. The molecule has 466 valence electrons. The molecule has 3 N–H and O–H groups in total. The van der Waals surface area contributed by atoms with Crippen molar-refractivity contribution in [2.75, 3.05) is 113 Å². The van der Waals surface area contributed by atoms with Gasteiger partial charge in [0.05, 0.1) is 81.8 Å². The predicted molar refractivity (Wildman–Crippen MR) is 338 cm³/mol. The Morgan fingerprint density at radius 3 is 2.06 bits per heavy atom. The molecule has 25 heteroatoms. The third-order valence-corrected chi connectivity index (χ3v) is 20.0. The molecule has 22 nitrogen and oxygen atoms in total. The average molecular weight is 1260 g/mol. The molecule has 88 heavy (non-hydrogen) atoms. The number of ether oxygens (including phenoxy) is 7. The van der Waals surface area contributed by atoms with Gasteiger partial charge in [-0.25, -0.2) is 0 Å². The zero-order valence-electron chi connectivity index (χ0n) is 49.6. The van der Waals surface area contributed by atoms with E-state index in [2.05, 4.69) is 21.6 Å². The third kappa shape index (κ3) is 14.7. The SMILES string of the molecule is COCCOCCOCCN(CC(C)(C)SSCCC(C(=O)NCCN1C(=O)C=CC1=O)S(=O)(=O)O)c1cc(COc2cc3c(cc2OC)C(=O)N2c4ccccc4CC2C=N3)cc(COc2cc3c(cc2OC)C(=O)N2c4ccccc4CC2CN3)c1. The van der Waals surface area contributed by atoms with E-state index in [1.807, 2.05) is 79.4 Å². The highest BCUT2D eigenvalue weighted by atomic mass is 33.1. The monoisotopic (exact) mass is 1260 g/mol. The fourth-order valence-corrected chi connectivity index (χ4v) is 14.8. The Hall–Kier alpha value is -7.65. The van der Waals surface area contributed by atoms with Gasteiger partial charge in [-0.1, -0.05) is 58.0 Å². The minimum Gasteiger partial charge on any atom is -0.493 e. The van der Waals surface area contributed by atoms with Crippen molar-refractivity contribution in [3.8, 4) is 23.0 Å². The molecule has 5 aliphatic rings. The van der Waals surface area contributed by atoms with E-state index in [0.29, 0.717) is 105 Å². The van der Waals surface area contributed by atoms with Crippen molar-refractivity contribution in [2.45, 2.75) is 68.4 Å². The zero-order chi connectivity index (χ0) is 62.1. The van der Waals surface area contributed by atoms with Gasteiger partial charge in [-0.3, -0.25) is 43.3 Å². The van der Waals surface area contributed by atoms with Gasteiger partial charge in [-0.05, 0) is 91.4 Å². The molecule has 0 aromatic heterocycles. The number of carbonyl (C=O) groups excluding carboxylic acids is 5. The van der Waals surface area contributed by atoms with Gasteiger partial charge in [0.2, 0.25) is 5.91 Å². The molecule has 5 aromatic carbocycles. The molecule has 3 unspecified atom stereocenters. The largest absolute Gasteiger partial charge is 0.493 e. The Kier molecular flexibility index (Phi) is 20.3. The number of anilines is 4. The number of imide groups is 1. The summed E-state index contributed by atoms with van der Waals surface area (Å²) in [7, 11) is 2.64. The van der Waals surface area contributed by atoms with Crippen LogP contribution in [0.2, 0.25) is 0 Å². The van der Waals surface area contributed by atoms with Crippen LogP contribution in [0.3, 0.4) is 0 Å². The Balaban J connectivity index is 0.908. The minimum absolute atomic E-state index is 0.0378. The van der Waals surface area contributed by atoms with E-state index in [-0.39, 0.29) is 62.4 Å².